The van der Waals surface area contributed by atoms with Crippen molar-refractivity contribution in [3.8, 4) is 11.7 Å². The van der Waals surface area contributed by atoms with Crippen molar-refractivity contribution in [2.75, 3.05) is 12.4 Å². The summed E-state index contributed by atoms with van der Waals surface area (Å²) in [5.41, 5.74) is 1.10. The predicted octanol–water partition coefficient (Wildman–Crippen LogP) is 2.58. The fourth-order valence-electron chi connectivity index (χ4n) is 2.16. The standard InChI is InChI=1S/C15H13Cl2N7O2/c1-8(25)11-12(18-7-9-3-5-10(26-2)6-4-9)24(23-22-11)15-20-13(16)19-14(17)21-15/h3-6,18H,7H2,1-2H3. The molecule has 0 saturated heterocycles. The van der Waals surface area contributed by atoms with Crippen LogP contribution < -0.4 is 10.1 Å². The summed E-state index contributed by atoms with van der Waals surface area (Å²) in [5.74, 6) is 0.859. The minimum atomic E-state index is -0.264. The number of ketones is 1. The second kappa shape index (κ2) is 7.63. The van der Waals surface area contributed by atoms with Crippen LogP contribution in [0.15, 0.2) is 24.3 Å². The highest BCUT2D eigenvalue weighted by molar-refractivity contribution is 6.31. The number of aromatic nitrogens is 6. The number of carbonyl (C=O) groups is 1. The molecule has 0 unspecified atom stereocenters. The fraction of sp³-hybridized carbons (Fsp3) is 0.200. The average molecular weight is 394 g/mol. The van der Waals surface area contributed by atoms with Crippen LogP contribution in [-0.2, 0) is 6.54 Å². The first-order chi connectivity index (χ1) is 12.5. The van der Waals surface area contributed by atoms with Crippen molar-refractivity contribution >= 4 is 34.8 Å². The lowest BCUT2D eigenvalue weighted by Gasteiger charge is -2.09. The molecule has 26 heavy (non-hydrogen) atoms. The molecule has 0 bridgehead atoms. The van der Waals surface area contributed by atoms with Crippen LogP contribution in [-0.4, -0.2) is 42.8 Å². The van der Waals surface area contributed by atoms with E-state index in [4.69, 9.17) is 27.9 Å². The topological polar surface area (TPSA) is 108 Å². The zero-order valence-electron chi connectivity index (χ0n) is 13.8. The maximum atomic E-state index is 11.9. The Morgan fingerprint density at radius 2 is 1.81 bits per heavy atom. The lowest BCUT2D eigenvalue weighted by molar-refractivity contribution is 0.101. The van der Waals surface area contributed by atoms with Crippen LogP contribution in [0.5, 0.6) is 5.75 Å². The molecule has 1 aromatic carbocycles. The first-order valence-electron chi connectivity index (χ1n) is 7.39. The highest BCUT2D eigenvalue weighted by Gasteiger charge is 2.20. The largest absolute Gasteiger partial charge is 0.497 e. The summed E-state index contributed by atoms with van der Waals surface area (Å²) in [6.45, 7) is 1.80. The maximum absolute atomic E-state index is 11.9. The zero-order chi connectivity index (χ0) is 18.7. The summed E-state index contributed by atoms with van der Waals surface area (Å²) in [6.07, 6.45) is 0. The van der Waals surface area contributed by atoms with Crippen LogP contribution in [0.1, 0.15) is 23.0 Å². The lowest BCUT2D eigenvalue weighted by atomic mass is 10.2. The molecule has 2 aromatic heterocycles. The van der Waals surface area contributed by atoms with Crippen LogP contribution in [0.2, 0.25) is 10.6 Å². The molecule has 0 aliphatic carbocycles. The van der Waals surface area contributed by atoms with Crippen LogP contribution in [0.4, 0.5) is 5.82 Å². The molecule has 0 aliphatic rings. The SMILES string of the molecule is COc1ccc(CNc2c(C(C)=O)nnn2-c2nc(Cl)nc(Cl)n2)cc1. The van der Waals surface area contributed by atoms with Crippen molar-refractivity contribution < 1.29 is 9.53 Å². The number of hydrogen-bond donors (Lipinski definition) is 1. The summed E-state index contributed by atoms with van der Waals surface area (Å²) in [4.78, 5) is 23.5. The minimum absolute atomic E-state index is 0.0484. The predicted molar refractivity (Wildman–Crippen MR) is 95.1 cm³/mol. The number of methoxy groups -OCH3 is 1. The molecule has 3 aromatic rings. The van der Waals surface area contributed by atoms with Crippen molar-refractivity contribution in [2.24, 2.45) is 0 Å². The van der Waals surface area contributed by atoms with Crippen molar-refractivity contribution in [1.82, 2.24) is 29.9 Å². The highest BCUT2D eigenvalue weighted by atomic mass is 35.5. The molecule has 2 heterocycles. The van der Waals surface area contributed by atoms with Gasteiger partial charge in [0, 0.05) is 13.5 Å². The molecule has 134 valence electrons. The number of rotatable bonds is 6. The molecule has 0 fully saturated rings. The number of nitrogens with zero attached hydrogens (tertiary/aromatic N) is 6. The normalized spacial score (nSPS) is 10.6. The van der Waals surface area contributed by atoms with Crippen LogP contribution in [0, 0.1) is 0 Å². The van der Waals surface area contributed by atoms with E-state index in [1.54, 1.807) is 7.11 Å². The number of hydrogen-bond acceptors (Lipinski definition) is 8. The van der Waals surface area contributed by atoms with Crippen LogP contribution in [0.3, 0.4) is 0 Å². The van der Waals surface area contributed by atoms with Gasteiger partial charge in [0.2, 0.25) is 10.6 Å². The lowest BCUT2D eigenvalue weighted by Crippen LogP contribution is -2.12. The van der Waals surface area contributed by atoms with Gasteiger partial charge in [-0.3, -0.25) is 4.79 Å². The molecule has 3 rings (SSSR count). The molecule has 0 spiro atoms. The molecule has 9 nitrogen and oxygen atoms in total. The Morgan fingerprint density at radius 3 is 2.38 bits per heavy atom. The van der Waals surface area contributed by atoms with E-state index in [1.165, 1.54) is 11.6 Å². The maximum Gasteiger partial charge on any atom is 0.259 e. The smallest absolute Gasteiger partial charge is 0.259 e. The van der Waals surface area contributed by atoms with E-state index in [-0.39, 0.29) is 28.0 Å². The van der Waals surface area contributed by atoms with E-state index < -0.39 is 0 Å². The van der Waals surface area contributed by atoms with Gasteiger partial charge in [-0.2, -0.15) is 19.6 Å². The second-order valence-corrected chi connectivity index (χ2v) is 5.81. The van der Waals surface area contributed by atoms with Gasteiger partial charge in [0.25, 0.3) is 5.95 Å². The van der Waals surface area contributed by atoms with E-state index in [2.05, 4.69) is 30.6 Å². The number of carbonyl (C=O) groups excluding carboxylic acids is 1. The molecule has 0 amide bonds. The first kappa shape index (κ1) is 18.0. The molecule has 1 N–H and O–H groups in total. The summed E-state index contributed by atoms with van der Waals surface area (Å²) >= 11 is 11.6. The molecule has 11 heteroatoms. The highest BCUT2D eigenvalue weighted by Crippen LogP contribution is 2.20. The van der Waals surface area contributed by atoms with Crippen molar-refractivity contribution in [3.63, 3.8) is 0 Å². The summed E-state index contributed by atoms with van der Waals surface area (Å²) < 4.78 is 6.38. The van der Waals surface area contributed by atoms with Gasteiger partial charge in [0.15, 0.2) is 17.3 Å². The van der Waals surface area contributed by atoms with Crippen LogP contribution in [0.25, 0.3) is 5.95 Å². The summed E-state index contributed by atoms with van der Waals surface area (Å²) in [7, 11) is 1.60. The fourth-order valence-corrected chi connectivity index (χ4v) is 2.51. The monoisotopic (exact) mass is 393 g/mol. The number of Topliss-reactive ketones (excluding diaryl/α,β-unsaturated/α-hetero) is 1. The number of halogens is 2. The van der Waals surface area contributed by atoms with E-state index in [9.17, 15) is 4.79 Å². The zero-order valence-corrected chi connectivity index (χ0v) is 15.3. The van der Waals surface area contributed by atoms with Crippen molar-refractivity contribution in [3.05, 3.63) is 46.1 Å². The first-order valence-corrected chi connectivity index (χ1v) is 8.14. The molecule has 0 saturated carbocycles. The van der Waals surface area contributed by atoms with E-state index in [0.29, 0.717) is 12.4 Å². The van der Waals surface area contributed by atoms with Gasteiger partial charge < -0.3 is 10.1 Å². The Balaban J connectivity index is 1.93. The number of nitrogens with one attached hydrogen (secondary N) is 1. The molecular weight excluding hydrogens is 381 g/mol. The number of benzene rings is 1. The third-order valence-electron chi connectivity index (χ3n) is 3.38. The van der Waals surface area contributed by atoms with Crippen molar-refractivity contribution in [2.45, 2.75) is 13.5 Å². The Labute approximate surface area is 158 Å². The van der Waals surface area contributed by atoms with Crippen LogP contribution >= 0.6 is 23.2 Å². The number of anilines is 1. The Kier molecular flexibility index (Phi) is 5.29. The minimum Gasteiger partial charge on any atom is -0.497 e. The Hall–Kier alpha value is -2.78. The molecule has 0 atom stereocenters. The summed E-state index contributed by atoms with van der Waals surface area (Å²) in [5, 5.41) is 10.7. The van der Waals surface area contributed by atoms with Gasteiger partial charge in [0.1, 0.15) is 5.75 Å². The Bertz CT molecular complexity index is 923. The van der Waals surface area contributed by atoms with Gasteiger partial charge in [-0.25, -0.2) is 0 Å². The van der Waals surface area contributed by atoms with E-state index in [0.717, 1.165) is 11.3 Å². The molecule has 0 aliphatic heterocycles. The summed E-state index contributed by atoms with van der Waals surface area (Å²) in [6, 6.07) is 7.46. The van der Waals surface area contributed by atoms with Gasteiger partial charge in [-0.1, -0.05) is 17.3 Å². The molecular formula is C15H13Cl2N7O2. The second-order valence-electron chi connectivity index (χ2n) is 5.13. The van der Waals surface area contributed by atoms with Gasteiger partial charge >= 0.3 is 0 Å². The van der Waals surface area contributed by atoms with Gasteiger partial charge in [0.05, 0.1) is 7.11 Å². The van der Waals surface area contributed by atoms with Gasteiger partial charge in [-0.15, -0.1) is 5.10 Å². The van der Waals surface area contributed by atoms with Gasteiger partial charge in [-0.05, 0) is 40.9 Å². The van der Waals surface area contributed by atoms with Crippen molar-refractivity contribution in [1.29, 1.82) is 0 Å². The van der Waals surface area contributed by atoms with E-state index >= 15 is 0 Å². The molecule has 0 radical (unpaired) electrons. The Morgan fingerprint density at radius 1 is 1.15 bits per heavy atom. The average Bonchev–Trinajstić information content (AvgIpc) is 3.03. The van der Waals surface area contributed by atoms with E-state index in [1.807, 2.05) is 24.3 Å². The number of ether oxygens (including phenoxy) is 1. The quantitative estimate of drug-likeness (QED) is 0.636. The third-order valence-corrected chi connectivity index (χ3v) is 3.72. The third kappa shape index (κ3) is 3.89.